The van der Waals surface area contributed by atoms with Crippen molar-refractivity contribution in [2.24, 2.45) is 11.3 Å². The predicted molar refractivity (Wildman–Crippen MR) is 35.9 cm³/mol. The van der Waals surface area contributed by atoms with Gasteiger partial charge in [-0.3, -0.25) is 9.59 Å². The molecule has 0 bridgehead atoms. The number of hydrogen-bond acceptors (Lipinski definition) is 3. The molecule has 1 saturated carbocycles. The van der Waals surface area contributed by atoms with E-state index in [0.717, 1.165) is 0 Å². The van der Waals surface area contributed by atoms with Gasteiger partial charge in [0.1, 0.15) is 0 Å². The van der Waals surface area contributed by atoms with Crippen molar-refractivity contribution in [2.75, 3.05) is 7.11 Å². The smallest absolute Gasteiger partial charge is 0.312 e. The summed E-state index contributed by atoms with van der Waals surface area (Å²) >= 11 is 0. The van der Waals surface area contributed by atoms with E-state index in [-0.39, 0.29) is 0 Å². The van der Waals surface area contributed by atoms with Crippen LogP contribution in [0.3, 0.4) is 0 Å². The SMILES string of the molecule is COC(=O)[C@]1(C)CC1C(=O)O. The number of esters is 1. The zero-order valence-electron chi connectivity index (χ0n) is 6.46. The van der Waals surface area contributed by atoms with E-state index in [1.54, 1.807) is 6.92 Å². The molecule has 1 aliphatic carbocycles. The molecule has 4 nitrogen and oxygen atoms in total. The number of rotatable bonds is 2. The topological polar surface area (TPSA) is 63.6 Å². The van der Waals surface area contributed by atoms with Crippen LogP contribution in [0.15, 0.2) is 0 Å². The Morgan fingerprint density at radius 3 is 2.45 bits per heavy atom. The molecule has 1 rings (SSSR count). The van der Waals surface area contributed by atoms with Crippen molar-refractivity contribution < 1.29 is 19.4 Å². The lowest BCUT2D eigenvalue weighted by atomic mass is 10.1. The number of methoxy groups -OCH3 is 1. The van der Waals surface area contributed by atoms with E-state index in [1.165, 1.54) is 7.11 Å². The lowest BCUT2D eigenvalue weighted by molar-refractivity contribution is -0.150. The molecule has 0 aromatic carbocycles. The first kappa shape index (κ1) is 8.04. The summed E-state index contributed by atoms with van der Waals surface area (Å²) in [7, 11) is 1.27. The standard InChI is InChI=1S/C7H10O4/c1-7(6(10)11-2)3-4(7)5(8)9/h4H,3H2,1-2H3,(H,8,9)/t4?,7-/m1/s1. The molecular weight excluding hydrogens is 148 g/mol. The van der Waals surface area contributed by atoms with Gasteiger partial charge in [0, 0.05) is 0 Å². The van der Waals surface area contributed by atoms with Gasteiger partial charge in [-0.05, 0) is 13.3 Å². The molecule has 1 N–H and O–H groups in total. The number of carbonyl (C=O) groups excluding carboxylic acids is 1. The Balaban J connectivity index is 2.62. The van der Waals surface area contributed by atoms with Crippen LogP contribution in [-0.4, -0.2) is 24.2 Å². The van der Waals surface area contributed by atoms with Crippen LogP contribution in [0.25, 0.3) is 0 Å². The number of carboxylic acid groups (broad SMARTS) is 1. The Kier molecular flexibility index (Phi) is 1.62. The molecule has 0 heterocycles. The molecule has 0 spiro atoms. The molecule has 0 amide bonds. The first-order chi connectivity index (χ1) is 5.02. The van der Waals surface area contributed by atoms with Gasteiger partial charge in [-0.15, -0.1) is 0 Å². The van der Waals surface area contributed by atoms with Gasteiger partial charge in [0.15, 0.2) is 0 Å². The Morgan fingerprint density at radius 2 is 2.18 bits per heavy atom. The fraction of sp³-hybridized carbons (Fsp3) is 0.714. The number of carboxylic acids is 1. The molecule has 0 saturated heterocycles. The fourth-order valence-corrected chi connectivity index (χ4v) is 1.18. The third kappa shape index (κ3) is 1.08. The van der Waals surface area contributed by atoms with Gasteiger partial charge in [0.05, 0.1) is 18.4 Å². The second-order valence-electron chi connectivity index (χ2n) is 3.00. The lowest BCUT2D eigenvalue weighted by Gasteiger charge is -2.04. The minimum Gasteiger partial charge on any atom is -0.481 e. The summed E-state index contributed by atoms with van der Waals surface area (Å²) < 4.78 is 4.46. The van der Waals surface area contributed by atoms with Gasteiger partial charge in [0.2, 0.25) is 0 Å². The van der Waals surface area contributed by atoms with Crippen LogP contribution in [0, 0.1) is 11.3 Å². The summed E-state index contributed by atoms with van der Waals surface area (Å²) in [6.45, 7) is 1.61. The minimum atomic E-state index is -0.919. The highest BCUT2D eigenvalue weighted by Gasteiger charge is 2.61. The molecule has 2 atom stereocenters. The largest absolute Gasteiger partial charge is 0.481 e. The lowest BCUT2D eigenvalue weighted by Crippen LogP contribution is -2.19. The van der Waals surface area contributed by atoms with E-state index in [4.69, 9.17) is 5.11 Å². The van der Waals surface area contributed by atoms with E-state index in [9.17, 15) is 9.59 Å². The number of hydrogen-bond donors (Lipinski definition) is 1. The zero-order chi connectivity index (χ0) is 8.65. The predicted octanol–water partition coefficient (Wildman–Crippen LogP) is 0.270. The minimum absolute atomic E-state index is 0.398. The quantitative estimate of drug-likeness (QED) is 0.586. The van der Waals surface area contributed by atoms with E-state index in [0.29, 0.717) is 6.42 Å². The average Bonchev–Trinajstić information content (AvgIpc) is 2.62. The van der Waals surface area contributed by atoms with E-state index < -0.39 is 23.3 Å². The fourth-order valence-electron chi connectivity index (χ4n) is 1.18. The summed E-state index contributed by atoms with van der Waals surface area (Å²) in [4.78, 5) is 21.3. The monoisotopic (exact) mass is 158 g/mol. The summed E-state index contributed by atoms with van der Waals surface area (Å²) in [6.07, 6.45) is 0.398. The molecule has 11 heavy (non-hydrogen) atoms. The van der Waals surface area contributed by atoms with Crippen molar-refractivity contribution in [2.45, 2.75) is 13.3 Å². The molecule has 0 radical (unpaired) electrons. The summed E-state index contributed by atoms with van der Waals surface area (Å²) in [5.41, 5.74) is -0.763. The van der Waals surface area contributed by atoms with Crippen LogP contribution in [0.4, 0.5) is 0 Å². The average molecular weight is 158 g/mol. The Morgan fingerprint density at radius 1 is 1.64 bits per heavy atom. The third-order valence-electron chi connectivity index (χ3n) is 2.19. The van der Waals surface area contributed by atoms with Crippen LogP contribution in [0.2, 0.25) is 0 Å². The summed E-state index contributed by atoms with van der Waals surface area (Å²) in [6, 6.07) is 0. The number of aliphatic carboxylic acids is 1. The molecule has 62 valence electrons. The molecule has 4 heteroatoms. The van der Waals surface area contributed by atoms with Crippen LogP contribution < -0.4 is 0 Å². The summed E-state index contributed by atoms with van der Waals surface area (Å²) in [5, 5.41) is 8.53. The second-order valence-corrected chi connectivity index (χ2v) is 3.00. The maximum Gasteiger partial charge on any atom is 0.312 e. The molecule has 0 aromatic heterocycles. The van der Waals surface area contributed by atoms with Crippen molar-refractivity contribution in [3.8, 4) is 0 Å². The van der Waals surface area contributed by atoms with Gasteiger partial charge < -0.3 is 9.84 Å². The van der Waals surface area contributed by atoms with Crippen molar-refractivity contribution in [1.29, 1.82) is 0 Å². The Bertz CT molecular complexity index is 210. The normalized spacial score (nSPS) is 34.5. The van der Waals surface area contributed by atoms with Gasteiger partial charge in [-0.1, -0.05) is 0 Å². The second kappa shape index (κ2) is 2.22. The van der Waals surface area contributed by atoms with Crippen LogP contribution in [0.1, 0.15) is 13.3 Å². The highest BCUT2D eigenvalue weighted by Crippen LogP contribution is 2.52. The molecular formula is C7H10O4. The van der Waals surface area contributed by atoms with Gasteiger partial charge in [-0.25, -0.2) is 0 Å². The summed E-state index contributed by atoms with van der Waals surface area (Å²) in [5.74, 6) is -1.89. The number of ether oxygens (including phenoxy) is 1. The van der Waals surface area contributed by atoms with E-state index >= 15 is 0 Å². The molecule has 0 aromatic rings. The Labute approximate surface area is 64.2 Å². The highest BCUT2D eigenvalue weighted by molar-refractivity contribution is 5.89. The van der Waals surface area contributed by atoms with Crippen LogP contribution >= 0.6 is 0 Å². The Hall–Kier alpha value is -1.06. The highest BCUT2D eigenvalue weighted by atomic mass is 16.5. The van der Waals surface area contributed by atoms with E-state index in [1.807, 2.05) is 0 Å². The first-order valence-corrected chi connectivity index (χ1v) is 3.33. The van der Waals surface area contributed by atoms with Crippen LogP contribution in [0.5, 0.6) is 0 Å². The van der Waals surface area contributed by atoms with Crippen molar-refractivity contribution >= 4 is 11.9 Å². The third-order valence-corrected chi connectivity index (χ3v) is 2.19. The molecule has 1 aliphatic rings. The molecule has 0 aliphatic heterocycles. The van der Waals surface area contributed by atoms with Crippen molar-refractivity contribution in [1.82, 2.24) is 0 Å². The van der Waals surface area contributed by atoms with Gasteiger partial charge in [-0.2, -0.15) is 0 Å². The molecule has 1 unspecified atom stereocenters. The van der Waals surface area contributed by atoms with Crippen LogP contribution in [-0.2, 0) is 14.3 Å². The van der Waals surface area contributed by atoms with E-state index in [2.05, 4.69) is 4.74 Å². The van der Waals surface area contributed by atoms with Crippen molar-refractivity contribution in [3.05, 3.63) is 0 Å². The van der Waals surface area contributed by atoms with Crippen molar-refractivity contribution in [3.63, 3.8) is 0 Å². The number of carbonyl (C=O) groups is 2. The zero-order valence-corrected chi connectivity index (χ0v) is 6.46. The van der Waals surface area contributed by atoms with Gasteiger partial charge in [0.25, 0.3) is 0 Å². The first-order valence-electron chi connectivity index (χ1n) is 3.33. The maximum atomic E-state index is 10.9. The van der Waals surface area contributed by atoms with Gasteiger partial charge >= 0.3 is 11.9 Å². The molecule has 1 fully saturated rings. The maximum absolute atomic E-state index is 10.9.